The van der Waals surface area contributed by atoms with Gasteiger partial charge in [0.2, 0.25) is 0 Å². The van der Waals surface area contributed by atoms with Gasteiger partial charge in [-0.05, 0) is 109 Å². The molecule has 308 valence electrons. The molecule has 0 spiro atoms. The third kappa shape index (κ3) is 6.65. The van der Waals surface area contributed by atoms with Gasteiger partial charge in [-0.3, -0.25) is 0 Å². The zero-order valence-corrected chi connectivity index (χ0v) is 36.4. The van der Waals surface area contributed by atoms with Crippen LogP contribution in [0.4, 0.5) is 17.1 Å². The van der Waals surface area contributed by atoms with Gasteiger partial charge in [-0.1, -0.05) is 208 Å². The number of anilines is 3. The van der Waals surface area contributed by atoms with Gasteiger partial charge in [0, 0.05) is 38.7 Å². The smallest absolute Gasteiger partial charge is 0.143 e. The molecule has 0 N–H and O–H groups in total. The lowest BCUT2D eigenvalue weighted by Crippen LogP contribution is -2.17. The number of rotatable bonds is 8. The van der Waals surface area contributed by atoms with Crippen LogP contribution in [-0.4, -0.2) is 0 Å². The van der Waals surface area contributed by atoms with Crippen LogP contribution in [0.5, 0.6) is 0 Å². The second-order valence-electron chi connectivity index (χ2n) is 17.7. The van der Waals surface area contributed by atoms with Crippen molar-refractivity contribution in [1.82, 2.24) is 0 Å². The zero-order chi connectivity index (χ0) is 43.5. The van der Waals surface area contributed by atoms with Crippen molar-refractivity contribution >= 4 is 39.0 Å². The highest BCUT2D eigenvalue weighted by atomic mass is 16.3. The number of hydrogen-bond donors (Lipinski definition) is 0. The van der Waals surface area contributed by atoms with Crippen molar-refractivity contribution < 1.29 is 4.42 Å². The van der Waals surface area contributed by atoms with Crippen LogP contribution in [0.25, 0.3) is 88.7 Å². The highest BCUT2D eigenvalue weighted by Gasteiger charge is 2.36. The molecule has 0 saturated heterocycles. The lowest BCUT2D eigenvalue weighted by Gasteiger charge is -2.30. The van der Waals surface area contributed by atoms with E-state index in [0.717, 1.165) is 61.3 Å². The van der Waals surface area contributed by atoms with E-state index in [2.05, 4.69) is 243 Å². The van der Waals surface area contributed by atoms with Gasteiger partial charge in [-0.25, -0.2) is 0 Å². The van der Waals surface area contributed by atoms with Gasteiger partial charge in [0.25, 0.3) is 0 Å². The standard InChI is InChI=1S/C63H45NO/c1-63(2)58-40-49(46-26-24-44(25-27-46)42-14-5-3-6-15-42)34-38-54(58)55-39-37-51(41-59(55)63)64(60-22-11-9-18-52(60)47-30-28-45(29-31-47)43-16-7-4-8-17-43)50-35-32-48(33-36-50)53-20-13-21-57-56-19-10-12-23-61(56)65-62(53)57/h3-41H,1-2H3. The maximum Gasteiger partial charge on any atom is 0.143 e. The van der Waals surface area contributed by atoms with Crippen LogP contribution in [0.1, 0.15) is 25.0 Å². The van der Waals surface area contributed by atoms with Crippen LogP contribution in [0.3, 0.4) is 0 Å². The van der Waals surface area contributed by atoms with Crippen molar-refractivity contribution in [1.29, 1.82) is 0 Å². The quantitative estimate of drug-likeness (QED) is 0.152. The molecule has 0 saturated carbocycles. The SMILES string of the molecule is CC1(C)c2cc(-c3ccc(-c4ccccc4)cc3)ccc2-c2ccc(N(c3ccc(-c4cccc5c4oc4ccccc45)cc3)c3ccccc3-c3ccc(-c4ccccc4)cc3)cc21. The van der Waals surface area contributed by atoms with Crippen LogP contribution in [-0.2, 0) is 5.41 Å². The highest BCUT2D eigenvalue weighted by molar-refractivity contribution is 6.09. The molecule has 0 atom stereocenters. The fraction of sp³-hybridized carbons (Fsp3) is 0.0476. The summed E-state index contributed by atoms with van der Waals surface area (Å²) in [5, 5.41) is 2.27. The second-order valence-corrected chi connectivity index (χ2v) is 17.7. The molecular formula is C63H45NO. The van der Waals surface area contributed by atoms with Gasteiger partial charge in [-0.15, -0.1) is 0 Å². The van der Waals surface area contributed by atoms with E-state index in [0.29, 0.717) is 0 Å². The summed E-state index contributed by atoms with van der Waals surface area (Å²) in [5.41, 5.74) is 22.0. The van der Waals surface area contributed by atoms with Crippen molar-refractivity contribution in [2.24, 2.45) is 0 Å². The van der Waals surface area contributed by atoms with Gasteiger partial charge in [0.1, 0.15) is 11.2 Å². The summed E-state index contributed by atoms with van der Waals surface area (Å²) in [7, 11) is 0. The Morgan fingerprint density at radius 3 is 1.48 bits per heavy atom. The molecule has 65 heavy (non-hydrogen) atoms. The van der Waals surface area contributed by atoms with E-state index in [9.17, 15) is 0 Å². The molecule has 2 nitrogen and oxygen atoms in total. The Morgan fingerprint density at radius 2 is 0.785 bits per heavy atom. The Hall–Kier alpha value is -8.20. The first-order chi connectivity index (χ1) is 32.0. The monoisotopic (exact) mass is 831 g/mol. The average molecular weight is 832 g/mol. The van der Waals surface area contributed by atoms with Crippen molar-refractivity contribution in [3.8, 4) is 66.8 Å². The van der Waals surface area contributed by atoms with Gasteiger partial charge >= 0.3 is 0 Å². The van der Waals surface area contributed by atoms with E-state index >= 15 is 0 Å². The zero-order valence-electron chi connectivity index (χ0n) is 36.4. The van der Waals surface area contributed by atoms with E-state index in [1.165, 1.54) is 55.6 Å². The molecule has 0 aliphatic heterocycles. The van der Waals surface area contributed by atoms with E-state index in [4.69, 9.17) is 4.42 Å². The number of para-hydroxylation sites is 3. The van der Waals surface area contributed by atoms with E-state index in [1.54, 1.807) is 0 Å². The summed E-state index contributed by atoms with van der Waals surface area (Å²) in [6.45, 7) is 4.76. The lowest BCUT2D eigenvalue weighted by molar-refractivity contribution is 0.660. The maximum atomic E-state index is 6.49. The number of furan rings is 1. The van der Waals surface area contributed by atoms with Gasteiger partial charge in [0.15, 0.2) is 0 Å². The average Bonchev–Trinajstić information content (AvgIpc) is 3.86. The maximum absolute atomic E-state index is 6.49. The summed E-state index contributed by atoms with van der Waals surface area (Å²) in [5.74, 6) is 0. The topological polar surface area (TPSA) is 16.4 Å². The number of hydrogen-bond acceptors (Lipinski definition) is 2. The second kappa shape index (κ2) is 15.6. The van der Waals surface area contributed by atoms with Crippen LogP contribution in [0.2, 0.25) is 0 Å². The molecule has 12 rings (SSSR count). The molecule has 1 heterocycles. The molecular weight excluding hydrogens is 787 g/mol. The predicted molar refractivity (Wildman–Crippen MR) is 273 cm³/mol. The van der Waals surface area contributed by atoms with Gasteiger partial charge < -0.3 is 9.32 Å². The normalized spacial score (nSPS) is 12.6. The van der Waals surface area contributed by atoms with Crippen LogP contribution >= 0.6 is 0 Å². The fourth-order valence-electron chi connectivity index (χ4n) is 10.1. The summed E-state index contributed by atoms with van der Waals surface area (Å²) in [6, 6.07) is 85.8. The summed E-state index contributed by atoms with van der Waals surface area (Å²) in [4.78, 5) is 2.44. The third-order valence-electron chi connectivity index (χ3n) is 13.5. The minimum atomic E-state index is -0.228. The first-order valence-corrected chi connectivity index (χ1v) is 22.5. The summed E-state index contributed by atoms with van der Waals surface area (Å²) < 4.78 is 6.49. The first kappa shape index (κ1) is 38.5. The molecule has 11 aromatic rings. The van der Waals surface area contributed by atoms with E-state index in [1.807, 2.05) is 12.1 Å². The molecule has 1 aromatic heterocycles. The van der Waals surface area contributed by atoms with Crippen LogP contribution in [0.15, 0.2) is 241 Å². The molecule has 0 radical (unpaired) electrons. The Kier molecular flexibility index (Phi) is 9.21. The first-order valence-electron chi connectivity index (χ1n) is 22.5. The molecule has 0 fully saturated rings. The third-order valence-corrected chi connectivity index (χ3v) is 13.5. The number of benzene rings is 10. The Bertz CT molecular complexity index is 3530. The van der Waals surface area contributed by atoms with E-state index < -0.39 is 0 Å². The van der Waals surface area contributed by atoms with Gasteiger partial charge in [0.05, 0.1) is 5.69 Å². The van der Waals surface area contributed by atoms with Crippen molar-refractivity contribution in [2.45, 2.75) is 19.3 Å². The highest BCUT2D eigenvalue weighted by Crippen LogP contribution is 2.52. The van der Waals surface area contributed by atoms with Crippen molar-refractivity contribution in [3.05, 3.63) is 248 Å². The Balaban J connectivity index is 0.954. The molecule has 0 amide bonds. The van der Waals surface area contributed by atoms with Gasteiger partial charge in [-0.2, -0.15) is 0 Å². The van der Waals surface area contributed by atoms with E-state index in [-0.39, 0.29) is 5.41 Å². The predicted octanol–water partition coefficient (Wildman–Crippen LogP) is 17.7. The number of nitrogens with zero attached hydrogens (tertiary/aromatic N) is 1. The molecule has 0 unspecified atom stereocenters. The van der Waals surface area contributed by atoms with Crippen molar-refractivity contribution in [3.63, 3.8) is 0 Å². The van der Waals surface area contributed by atoms with Crippen LogP contribution in [0, 0.1) is 0 Å². The number of fused-ring (bicyclic) bond motifs is 6. The molecule has 0 bridgehead atoms. The molecule has 10 aromatic carbocycles. The molecule has 2 heteroatoms. The Morgan fingerprint density at radius 1 is 0.323 bits per heavy atom. The Labute approximate surface area is 380 Å². The molecule has 1 aliphatic carbocycles. The largest absolute Gasteiger partial charge is 0.455 e. The fourth-order valence-corrected chi connectivity index (χ4v) is 10.1. The minimum Gasteiger partial charge on any atom is -0.455 e. The van der Waals surface area contributed by atoms with Crippen LogP contribution < -0.4 is 4.90 Å². The summed E-state index contributed by atoms with van der Waals surface area (Å²) >= 11 is 0. The molecule has 1 aliphatic rings. The summed E-state index contributed by atoms with van der Waals surface area (Å²) in [6.07, 6.45) is 0. The minimum absolute atomic E-state index is 0.228. The van der Waals surface area contributed by atoms with Crippen molar-refractivity contribution in [2.75, 3.05) is 4.90 Å². The lowest BCUT2D eigenvalue weighted by atomic mass is 9.81.